The van der Waals surface area contributed by atoms with Crippen LogP contribution in [0.15, 0.2) is 18.5 Å². The van der Waals surface area contributed by atoms with E-state index < -0.39 is 0 Å². The molecule has 0 saturated carbocycles. The highest BCUT2D eigenvalue weighted by molar-refractivity contribution is 5.92. The molecule has 2 rings (SSSR count). The number of carbonyl (C=O) groups excluding carboxylic acids is 1. The number of likely N-dealkylation sites (tertiary alicyclic amines) is 1. The Bertz CT molecular complexity index is 345. The molecule has 1 aromatic rings. The predicted molar refractivity (Wildman–Crippen MR) is 54.1 cm³/mol. The number of rotatable bonds is 2. The third-order valence-corrected chi connectivity index (χ3v) is 2.79. The lowest BCUT2D eigenvalue weighted by Crippen LogP contribution is -2.16. The molecular weight excluding hydrogens is 178 g/mol. The van der Waals surface area contributed by atoms with Crippen LogP contribution in [0.1, 0.15) is 22.8 Å². The van der Waals surface area contributed by atoms with Crippen molar-refractivity contribution in [2.24, 2.45) is 5.73 Å². The molecule has 14 heavy (non-hydrogen) atoms. The van der Waals surface area contributed by atoms with Crippen molar-refractivity contribution in [1.29, 1.82) is 0 Å². The van der Waals surface area contributed by atoms with Crippen molar-refractivity contribution >= 4 is 5.91 Å². The fraction of sp³-hybridized carbons (Fsp3) is 0.500. The van der Waals surface area contributed by atoms with Gasteiger partial charge in [-0.05, 0) is 26.1 Å². The number of nitrogens with zero attached hydrogens (tertiary/aromatic N) is 2. The van der Waals surface area contributed by atoms with Crippen LogP contribution in [-0.4, -0.2) is 35.5 Å². The van der Waals surface area contributed by atoms with E-state index in [0.717, 1.165) is 19.5 Å². The van der Waals surface area contributed by atoms with E-state index in [2.05, 4.69) is 16.5 Å². The molecule has 4 heteroatoms. The van der Waals surface area contributed by atoms with E-state index in [4.69, 9.17) is 5.73 Å². The van der Waals surface area contributed by atoms with Crippen LogP contribution in [-0.2, 0) is 0 Å². The highest BCUT2D eigenvalue weighted by Crippen LogP contribution is 2.20. The summed E-state index contributed by atoms with van der Waals surface area (Å²) in [5.41, 5.74) is 5.79. The standard InChI is InChI=1S/C10H15N3O/c1-12-4-3-9(7-12)13-5-2-8(6-13)10(11)14/h2,5-6,9H,3-4,7H2,1H3,(H2,11,14). The molecule has 2 heterocycles. The van der Waals surface area contributed by atoms with Crippen molar-refractivity contribution in [3.8, 4) is 0 Å². The minimum atomic E-state index is -0.352. The van der Waals surface area contributed by atoms with Gasteiger partial charge in [-0.1, -0.05) is 0 Å². The van der Waals surface area contributed by atoms with Gasteiger partial charge in [0.1, 0.15) is 0 Å². The van der Waals surface area contributed by atoms with Gasteiger partial charge in [0.15, 0.2) is 0 Å². The lowest BCUT2D eigenvalue weighted by molar-refractivity contribution is 0.1000. The van der Waals surface area contributed by atoms with Gasteiger partial charge in [-0.2, -0.15) is 0 Å². The first-order valence-corrected chi connectivity index (χ1v) is 4.82. The molecule has 1 aromatic heterocycles. The third-order valence-electron chi connectivity index (χ3n) is 2.79. The summed E-state index contributed by atoms with van der Waals surface area (Å²) in [5, 5.41) is 0. The number of nitrogens with two attached hydrogens (primary N) is 1. The smallest absolute Gasteiger partial charge is 0.250 e. The normalized spacial score (nSPS) is 22.8. The van der Waals surface area contributed by atoms with E-state index in [1.54, 1.807) is 6.07 Å². The second-order valence-electron chi connectivity index (χ2n) is 3.92. The summed E-state index contributed by atoms with van der Waals surface area (Å²) in [6.07, 6.45) is 4.92. The fourth-order valence-corrected chi connectivity index (χ4v) is 1.94. The molecule has 1 aliphatic heterocycles. The van der Waals surface area contributed by atoms with Gasteiger partial charge < -0.3 is 15.2 Å². The fourth-order valence-electron chi connectivity index (χ4n) is 1.94. The Labute approximate surface area is 83.3 Å². The molecular formula is C10H15N3O. The summed E-state index contributed by atoms with van der Waals surface area (Å²) in [6, 6.07) is 2.27. The summed E-state index contributed by atoms with van der Waals surface area (Å²) in [5.74, 6) is -0.352. The molecule has 0 radical (unpaired) electrons. The van der Waals surface area contributed by atoms with Crippen molar-refractivity contribution in [2.45, 2.75) is 12.5 Å². The summed E-state index contributed by atoms with van der Waals surface area (Å²) < 4.78 is 2.09. The molecule has 1 fully saturated rings. The van der Waals surface area contributed by atoms with Gasteiger partial charge in [-0.25, -0.2) is 0 Å². The topological polar surface area (TPSA) is 51.3 Å². The van der Waals surface area contributed by atoms with Crippen molar-refractivity contribution in [3.63, 3.8) is 0 Å². The highest BCUT2D eigenvalue weighted by atomic mass is 16.1. The van der Waals surface area contributed by atoms with E-state index in [9.17, 15) is 4.79 Å². The van der Waals surface area contributed by atoms with Crippen LogP contribution in [0, 0.1) is 0 Å². The van der Waals surface area contributed by atoms with Crippen LogP contribution in [0.5, 0.6) is 0 Å². The monoisotopic (exact) mass is 193 g/mol. The quantitative estimate of drug-likeness (QED) is 0.742. The first-order chi connectivity index (χ1) is 6.66. The molecule has 1 unspecified atom stereocenters. The Morgan fingerprint density at radius 3 is 2.93 bits per heavy atom. The number of carbonyl (C=O) groups is 1. The van der Waals surface area contributed by atoms with Gasteiger partial charge in [-0.3, -0.25) is 4.79 Å². The first-order valence-electron chi connectivity index (χ1n) is 4.82. The van der Waals surface area contributed by atoms with Gasteiger partial charge >= 0.3 is 0 Å². The molecule has 1 saturated heterocycles. The number of hydrogen-bond acceptors (Lipinski definition) is 2. The summed E-state index contributed by atoms with van der Waals surface area (Å²) >= 11 is 0. The van der Waals surface area contributed by atoms with E-state index in [0.29, 0.717) is 11.6 Å². The molecule has 0 aromatic carbocycles. The first kappa shape index (κ1) is 9.27. The summed E-state index contributed by atoms with van der Waals surface area (Å²) in [6.45, 7) is 2.17. The van der Waals surface area contributed by atoms with Crippen LogP contribution in [0.3, 0.4) is 0 Å². The SMILES string of the molecule is CN1CCC(n2ccc(C(N)=O)c2)C1. The summed E-state index contributed by atoms with van der Waals surface area (Å²) in [7, 11) is 2.11. The zero-order valence-corrected chi connectivity index (χ0v) is 8.31. The number of aromatic nitrogens is 1. The van der Waals surface area contributed by atoms with Crippen LogP contribution < -0.4 is 5.73 Å². The Kier molecular flexibility index (Phi) is 2.29. The largest absolute Gasteiger partial charge is 0.366 e. The van der Waals surface area contributed by atoms with E-state index >= 15 is 0 Å². The zero-order chi connectivity index (χ0) is 10.1. The number of likely N-dealkylation sites (N-methyl/N-ethyl adjacent to an activating group) is 1. The van der Waals surface area contributed by atoms with Crippen molar-refractivity contribution < 1.29 is 4.79 Å². The Morgan fingerprint density at radius 2 is 2.43 bits per heavy atom. The lowest BCUT2D eigenvalue weighted by atomic mass is 10.2. The Hall–Kier alpha value is -1.29. The molecule has 1 aliphatic rings. The van der Waals surface area contributed by atoms with E-state index in [-0.39, 0.29) is 5.91 Å². The number of hydrogen-bond donors (Lipinski definition) is 1. The number of amides is 1. The van der Waals surface area contributed by atoms with E-state index in [1.807, 2.05) is 12.4 Å². The molecule has 0 spiro atoms. The van der Waals surface area contributed by atoms with Gasteiger partial charge in [0.25, 0.3) is 0 Å². The molecule has 1 amide bonds. The van der Waals surface area contributed by atoms with Gasteiger partial charge in [0, 0.05) is 25.0 Å². The van der Waals surface area contributed by atoms with Crippen molar-refractivity contribution in [1.82, 2.24) is 9.47 Å². The highest BCUT2D eigenvalue weighted by Gasteiger charge is 2.20. The molecule has 0 bridgehead atoms. The third kappa shape index (κ3) is 1.65. The second kappa shape index (κ2) is 3.46. The van der Waals surface area contributed by atoms with Crippen LogP contribution in [0.25, 0.3) is 0 Å². The Morgan fingerprint density at radius 1 is 1.64 bits per heavy atom. The Balaban J connectivity index is 2.13. The summed E-state index contributed by atoms with van der Waals surface area (Å²) in [4.78, 5) is 13.2. The minimum absolute atomic E-state index is 0.352. The molecule has 4 nitrogen and oxygen atoms in total. The maximum absolute atomic E-state index is 10.9. The predicted octanol–water partition coefficient (Wildman–Crippen LogP) is 0.464. The average Bonchev–Trinajstić information content (AvgIpc) is 2.70. The molecule has 2 N–H and O–H groups in total. The van der Waals surface area contributed by atoms with Crippen molar-refractivity contribution in [3.05, 3.63) is 24.0 Å². The average molecular weight is 193 g/mol. The minimum Gasteiger partial charge on any atom is -0.366 e. The van der Waals surface area contributed by atoms with Crippen LogP contribution in [0.2, 0.25) is 0 Å². The lowest BCUT2D eigenvalue weighted by Gasteiger charge is -2.11. The van der Waals surface area contributed by atoms with Gasteiger partial charge in [0.2, 0.25) is 5.91 Å². The van der Waals surface area contributed by atoms with E-state index in [1.165, 1.54) is 0 Å². The number of primary amides is 1. The van der Waals surface area contributed by atoms with Crippen LogP contribution >= 0.6 is 0 Å². The van der Waals surface area contributed by atoms with Crippen molar-refractivity contribution in [2.75, 3.05) is 20.1 Å². The molecule has 0 aliphatic carbocycles. The van der Waals surface area contributed by atoms with Crippen LogP contribution in [0.4, 0.5) is 0 Å². The maximum atomic E-state index is 10.9. The maximum Gasteiger partial charge on any atom is 0.250 e. The van der Waals surface area contributed by atoms with Gasteiger partial charge in [-0.15, -0.1) is 0 Å². The second-order valence-corrected chi connectivity index (χ2v) is 3.92. The zero-order valence-electron chi connectivity index (χ0n) is 8.31. The molecule has 76 valence electrons. The molecule has 1 atom stereocenters. The van der Waals surface area contributed by atoms with Gasteiger partial charge in [0.05, 0.1) is 5.56 Å².